The van der Waals surface area contributed by atoms with Gasteiger partial charge in [-0.2, -0.15) is 0 Å². The van der Waals surface area contributed by atoms with Crippen molar-refractivity contribution in [1.82, 2.24) is 0 Å². The number of esters is 1. The monoisotopic (exact) mass is 441 g/mol. The van der Waals surface area contributed by atoms with Gasteiger partial charge in [0.05, 0.1) is 5.56 Å². The quantitative estimate of drug-likeness (QED) is 0.263. The van der Waals surface area contributed by atoms with Crippen molar-refractivity contribution in [3.63, 3.8) is 0 Å². The van der Waals surface area contributed by atoms with Crippen molar-refractivity contribution in [3.05, 3.63) is 59.2 Å². The fourth-order valence-electron chi connectivity index (χ4n) is 3.47. The summed E-state index contributed by atoms with van der Waals surface area (Å²) in [4.78, 5) is 12.7. The maximum absolute atomic E-state index is 12.7. The van der Waals surface area contributed by atoms with Gasteiger partial charge >= 0.3 is 5.97 Å². The van der Waals surface area contributed by atoms with E-state index in [1.807, 2.05) is 0 Å². The van der Waals surface area contributed by atoms with Crippen LogP contribution in [0.3, 0.4) is 0 Å². The molecule has 0 saturated carbocycles. The first-order valence-electron chi connectivity index (χ1n) is 9.31. The molecule has 1 heterocycles. The highest BCUT2D eigenvalue weighted by Crippen LogP contribution is 2.44. The minimum atomic E-state index is -1.08. The van der Waals surface area contributed by atoms with Crippen LogP contribution < -0.4 is 4.74 Å². The van der Waals surface area contributed by atoms with Crippen molar-refractivity contribution in [1.29, 1.82) is 0 Å². The molecule has 6 N–H and O–H groups in total. The van der Waals surface area contributed by atoms with E-state index >= 15 is 0 Å². The van der Waals surface area contributed by atoms with Crippen LogP contribution in [0.2, 0.25) is 0 Å². The summed E-state index contributed by atoms with van der Waals surface area (Å²) in [5.41, 5.74) is 0.264. The van der Waals surface area contributed by atoms with E-state index in [0.717, 1.165) is 18.2 Å². The van der Waals surface area contributed by atoms with Crippen LogP contribution in [0.4, 0.5) is 0 Å². The standard InChI is InChI=1S/C22H17O10/c23-11-6-14(25)12-8-19(32-22(30)10-4-16(27)20(29)17(28)5-10)21(31-18(12)7-11)9-1-2-13(24)15(26)3-9/h1-7,19,21,23-28H,8H2/t19-,21-/m1/s1. The van der Waals surface area contributed by atoms with Gasteiger partial charge in [0.2, 0.25) is 0 Å². The molecule has 10 nitrogen and oxygen atoms in total. The Balaban J connectivity index is 1.72. The van der Waals surface area contributed by atoms with Crippen LogP contribution in [0.1, 0.15) is 27.6 Å². The van der Waals surface area contributed by atoms with Gasteiger partial charge in [0.25, 0.3) is 5.75 Å². The molecule has 1 radical (unpaired) electrons. The lowest BCUT2D eigenvalue weighted by atomic mass is 9.93. The lowest BCUT2D eigenvalue weighted by Crippen LogP contribution is -2.34. The van der Waals surface area contributed by atoms with Crippen LogP contribution in [0.25, 0.3) is 0 Å². The molecule has 10 heteroatoms. The number of ether oxygens (including phenoxy) is 2. The fourth-order valence-corrected chi connectivity index (χ4v) is 3.47. The van der Waals surface area contributed by atoms with Gasteiger partial charge < -0.3 is 40.1 Å². The average Bonchev–Trinajstić information content (AvgIpc) is 2.73. The molecular formula is C22H17O10. The van der Waals surface area contributed by atoms with Crippen molar-refractivity contribution in [2.75, 3.05) is 0 Å². The third-order valence-corrected chi connectivity index (χ3v) is 5.04. The molecule has 0 unspecified atom stereocenters. The third kappa shape index (κ3) is 3.69. The summed E-state index contributed by atoms with van der Waals surface area (Å²) in [5, 5.41) is 70.1. The molecule has 3 aromatic carbocycles. The number of carbonyl (C=O) groups excluding carboxylic acids is 1. The molecule has 0 saturated heterocycles. The average molecular weight is 441 g/mol. The number of benzene rings is 3. The zero-order valence-electron chi connectivity index (χ0n) is 16.2. The number of aromatic hydroxyl groups is 6. The summed E-state index contributed by atoms with van der Waals surface area (Å²) in [6, 6.07) is 7.90. The molecule has 4 rings (SSSR count). The molecule has 2 atom stereocenters. The first-order valence-corrected chi connectivity index (χ1v) is 9.31. The predicted molar refractivity (Wildman–Crippen MR) is 106 cm³/mol. The molecule has 0 aromatic heterocycles. The summed E-state index contributed by atoms with van der Waals surface area (Å²) in [6.07, 6.45) is -2.16. The van der Waals surface area contributed by atoms with Crippen LogP contribution in [-0.4, -0.2) is 42.7 Å². The Hall–Kier alpha value is -4.47. The van der Waals surface area contributed by atoms with Crippen LogP contribution in [-0.2, 0) is 16.3 Å². The maximum Gasteiger partial charge on any atom is 0.338 e. The van der Waals surface area contributed by atoms with Gasteiger partial charge in [-0.05, 0) is 24.3 Å². The van der Waals surface area contributed by atoms with Crippen molar-refractivity contribution in [3.8, 4) is 46.0 Å². The summed E-state index contributed by atoms with van der Waals surface area (Å²) >= 11 is 0. The first-order chi connectivity index (χ1) is 15.1. The predicted octanol–water partition coefficient (Wildman–Crippen LogP) is 2.97. The Morgan fingerprint density at radius 3 is 2.19 bits per heavy atom. The topological polar surface area (TPSA) is 177 Å². The number of hydrogen-bond acceptors (Lipinski definition) is 9. The maximum atomic E-state index is 12.7. The molecule has 1 aliphatic heterocycles. The number of fused-ring (bicyclic) bond motifs is 1. The van der Waals surface area contributed by atoms with Crippen LogP contribution in [0.15, 0.2) is 42.5 Å². The molecule has 1 aliphatic rings. The van der Waals surface area contributed by atoms with E-state index in [-0.39, 0.29) is 40.5 Å². The van der Waals surface area contributed by atoms with Crippen molar-refractivity contribution >= 4 is 5.97 Å². The van der Waals surface area contributed by atoms with Crippen LogP contribution in [0.5, 0.6) is 46.0 Å². The van der Waals surface area contributed by atoms with Gasteiger partial charge in [0.15, 0.2) is 29.1 Å². The zero-order valence-corrected chi connectivity index (χ0v) is 16.2. The largest absolute Gasteiger partial charge is 0.508 e. The Morgan fingerprint density at radius 1 is 0.844 bits per heavy atom. The Bertz CT molecular complexity index is 1200. The molecule has 0 amide bonds. The molecule has 3 aromatic rings. The number of rotatable bonds is 3. The highest BCUT2D eigenvalue weighted by atomic mass is 16.6. The molecule has 165 valence electrons. The molecule has 0 fully saturated rings. The zero-order chi connectivity index (χ0) is 23.2. The number of phenols is 6. The van der Waals surface area contributed by atoms with Crippen LogP contribution >= 0.6 is 0 Å². The Morgan fingerprint density at radius 2 is 1.53 bits per heavy atom. The molecule has 0 spiro atoms. The lowest BCUT2D eigenvalue weighted by Gasteiger charge is -2.34. The summed E-state index contributed by atoms with van der Waals surface area (Å²) in [7, 11) is 0. The molecule has 0 bridgehead atoms. The summed E-state index contributed by atoms with van der Waals surface area (Å²) < 4.78 is 11.4. The van der Waals surface area contributed by atoms with Crippen molar-refractivity contribution in [2.24, 2.45) is 0 Å². The van der Waals surface area contributed by atoms with E-state index in [0.29, 0.717) is 5.56 Å². The fraction of sp³-hybridized carbons (Fsp3) is 0.136. The summed E-state index contributed by atoms with van der Waals surface area (Å²) in [5.74, 6) is -4.97. The Labute approximate surface area is 180 Å². The minimum absolute atomic E-state index is 0.0584. The molecule has 0 aliphatic carbocycles. The van der Waals surface area contributed by atoms with Gasteiger partial charge in [0, 0.05) is 29.7 Å². The normalized spacial score (nSPS) is 17.2. The lowest BCUT2D eigenvalue weighted by molar-refractivity contribution is -0.0189. The molecular weight excluding hydrogens is 424 g/mol. The van der Waals surface area contributed by atoms with Gasteiger partial charge in [-0.25, -0.2) is 4.79 Å². The number of carbonyl (C=O) groups is 1. The van der Waals surface area contributed by atoms with E-state index in [1.165, 1.54) is 24.3 Å². The highest BCUT2D eigenvalue weighted by Gasteiger charge is 2.37. The van der Waals surface area contributed by atoms with Gasteiger partial charge in [-0.3, -0.25) is 5.11 Å². The van der Waals surface area contributed by atoms with Gasteiger partial charge in [-0.1, -0.05) is 6.07 Å². The van der Waals surface area contributed by atoms with E-state index in [2.05, 4.69) is 0 Å². The second kappa shape index (κ2) is 7.65. The molecule has 32 heavy (non-hydrogen) atoms. The summed E-state index contributed by atoms with van der Waals surface area (Å²) in [6.45, 7) is 0. The van der Waals surface area contributed by atoms with Gasteiger partial charge in [0.1, 0.15) is 23.4 Å². The van der Waals surface area contributed by atoms with Gasteiger partial charge in [-0.15, -0.1) is 0 Å². The van der Waals surface area contributed by atoms with E-state index in [4.69, 9.17) is 9.47 Å². The van der Waals surface area contributed by atoms with Crippen LogP contribution in [0, 0.1) is 0 Å². The smallest absolute Gasteiger partial charge is 0.338 e. The SMILES string of the molecule is [O]c1c(O)cc(C(=O)O[C@@H]2Cc3c(O)cc(O)cc3O[C@@H]2c2ccc(O)c(O)c2)cc1O. The van der Waals surface area contributed by atoms with E-state index in [9.17, 15) is 40.5 Å². The van der Waals surface area contributed by atoms with Crippen molar-refractivity contribution in [2.45, 2.75) is 18.6 Å². The second-order valence-electron chi connectivity index (χ2n) is 7.22. The van der Waals surface area contributed by atoms with Crippen molar-refractivity contribution < 1.29 is 50.0 Å². The number of hydrogen-bond donors (Lipinski definition) is 6. The second-order valence-corrected chi connectivity index (χ2v) is 7.22. The highest BCUT2D eigenvalue weighted by molar-refractivity contribution is 5.91. The first kappa shape index (κ1) is 20.8. The third-order valence-electron chi connectivity index (χ3n) is 5.04. The Kier molecular flexibility index (Phi) is 4.97. The minimum Gasteiger partial charge on any atom is -0.508 e. The van der Waals surface area contributed by atoms with E-state index < -0.39 is 41.2 Å². The van der Waals surface area contributed by atoms with E-state index in [1.54, 1.807) is 0 Å². The number of phenolic OH excluding ortho intramolecular Hbond substituents is 6.